The van der Waals surface area contributed by atoms with E-state index < -0.39 is 0 Å². The third kappa shape index (κ3) is 3.57. The fourth-order valence-corrected chi connectivity index (χ4v) is 2.68. The molecular formula is C15H19N3OS. The van der Waals surface area contributed by atoms with Gasteiger partial charge in [0, 0.05) is 17.6 Å². The first-order valence-corrected chi connectivity index (χ1v) is 7.59. The van der Waals surface area contributed by atoms with Crippen molar-refractivity contribution in [1.29, 1.82) is 0 Å². The molecule has 106 valence electrons. The molecule has 0 atom stereocenters. The second-order valence-corrected chi connectivity index (χ2v) is 5.56. The summed E-state index contributed by atoms with van der Waals surface area (Å²) in [5.74, 6) is -0.0706. The Balaban J connectivity index is 2.03. The Morgan fingerprint density at radius 1 is 1.40 bits per heavy atom. The molecule has 0 aliphatic rings. The number of amides is 1. The Kier molecular flexibility index (Phi) is 5.12. The van der Waals surface area contributed by atoms with Crippen molar-refractivity contribution >= 4 is 22.9 Å². The molecule has 0 aliphatic heterocycles. The first-order valence-electron chi connectivity index (χ1n) is 6.71. The lowest BCUT2D eigenvalue weighted by Crippen LogP contribution is -2.24. The molecule has 1 amide bonds. The van der Waals surface area contributed by atoms with Crippen LogP contribution >= 0.6 is 11.3 Å². The summed E-state index contributed by atoms with van der Waals surface area (Å²) in [4.78, 5) is 17.5. The van der Waals surface area contributed by atoms with Gasteiger partial charge in [-0.05, 0) is 36.4 Å². The predicted octanol–water partition coefficient (Wildman–Crippen LogP) is 3.20. The molecule has 0 bridgehead atoms. The monoisotopic (exact) mass is 289 g/mol. The molecule has 2 aromatic rings. The van der Waals surface area contributed by atoms with Gasteiger partial charge in [0.15, 0.2) is 0 Å². The zero-order valence-corrected chi connectivity index (χ0v) is 12.6. The Labute approximate surface area is 123 Å². The van der Waals surface area contributed by atoms with Gasteiger partial charge in [0.1, 0.15) is 0 Å². The SMILES string of the molecule is CCCNc1cnccc1C(=O)NCc1sccc1C. The molecule has 5 heteroatoms. The number of pyridine rings is 1. The van der Waals surface area contributed by atoms with Crippen LogP contribution in [-0.4, -0.2) is 17.4 Å². The molecular weight excluding hydrogens is 270 g/mol. The van der Waals surface area contributed by atoms with Crippen molar-refractivity contribution in [3.8, 4) is 0 Å². The van der Waals surface area contributed by atoms with E-state index in [0.29, 0.717) is 12.1 Å². The zero-order chi connectivity index (χ0) is 14.4. The quantitative estimate of drug-likeness (QED) is 0.858. The van der Waals surface area contributed by atoms with Crippen LogP contribution in [0.1, 0.15) is 34.1 Å². The number of anilines is 1. The van der Waals surface area contributed by atoms with E-state index in [1.165, 1.54) is 10.4 Å². The number of aryl methyl sites for hydroxylation is 1. The van der Waals surface area contributed by atoms with Crippen LogP contribution in [0.4, 0.5) is 5.69 Å². The van der Waals surface area contributed by atoms with E-state index >= 15 is 0 Å². The van der Waals surface area contributed by atoms with Gasteiger partial charge >= 0.3 is 0 Å². The highest BCUT2D eigenvalue weighted by atomic mass is 32.1. The number of aromatic nitrogens is 1. The van der Waals surface area contributed by atoms with Gasteiger partial charge in [0.25, 0.3) is 5.91 Å². The van der Waals surface area contributed by atoms with Crippen molar-refractivity contribution in [2.75, 3.05) is 11.9 Å². The average Bonchev–Trinajstić information content (AvgIpc) is 2.88. The van der Waals surface area contributed by atoms with Crippen LogP contribution in [0.25, 0.3) is 0 Å². The fourth-order valence-electron chi connectivity index (χ4n) is 1.83. The first kappa shape index (κ1) is 14.5. The van der Waals surface area contributed by atoms with Gasteiger partial charge in [-0.15, -0.1) is 11.3 Å². The summed E-state index contributed by atoms with van der Waals surface area (Å²) in [7, 11) is 0. The average molecular weight is 289 g/mol. The van der Waals surface area contributed by atoms with Gasteiger partial charge in [0.05, 0.1) is 24.0 Å². The van der Waals surface area contributed by atoms with Gasteiger partial charge in [-0.25, -0.2) is 0 Å². The number of hydrogen-bond acceptors (Lipinski definition) is 4. The summed E-state index contributed by atoms with van der Waals surface area (Å²) >= 11 is 1.66. The third-order valence-corrected chi connectivity index (χ3v) is 4.03. The van der Waals surface area contributed by atoms with Gasteiger partial charge < -0.3 is 10.6 Å². The lowest BCUT2D eigenvalue weighted by Gasteiger charge is -2.11. The second-order valence-electron chi connectivity index (χ2n) is 4.56. The summed E-state index contributed by atoms with van der Waals surface area (Å²) < 4.78 is 0. The third-order valence-electron chi connectivity index (χ3n) is 3.01. The van der Waals surface area contributed by atoms with Crippen molar-refractivity contribution in [3.63, 3.8) is 0 Å². The van der Waals surface area contributed by atoms with E-state index in [9.17, 15) is 4.79 Å². The van der Waals surface area contributed by atoms with Crippen molar-refractivity contribution in [1.82, 2.24) is 10.3 Å². The Morgan fingerprint density at radius 3 is 2.95 bits per heavy atom. The molecule has 0 unspecified atom stereocenters. The highest BCUT2D eigenvalue weighted by Crippen LogP contribution is 2.17. The molecule has 2 heterocycles. The topological polar surface area (TPSA) is 54.0 Å². The summed E-state index contributed by atoms with van der Waals surface area (Å²) in [5.41, 5.74) is 2.65. The lowest BCUT2D eigenvalue weighted by atomic mass is 10.2. The van der Waals surface area contributed by atoms with Crippen molar-refractivity contribution in [3.05, 3.63) is 45.9 Å². The largest absolute Gasteiger partial charge is 0.383 e. The Bertz CT molecular complexity index is 580. The minimum Gasteiger partial charge on any atom is -0.383 e. The van der Waals surface area contributed by atoms with Crippen molar-refractivity contribution < 1.29 is 4.79 Å². The Hall–Kier alpha value is -1.88. The fraction of sp³-hybridized carbons (Fsp3) is 0.333. The molecule has 0 radical (unpaired) electrons. The summed E-state index contributed by atoms with van der Waals surface area (Å²) in [6.07, 6.45) is 4.34. The zero-order valence-electron chi connectivity index (χ0n) is 11.8. The molecule has 2 rings (SSSR count). The van der Waals surface area contributed by atoms with Crippen LogP contribution in [0.5, 0.6) is 0 Å². The summed E-state index contributed by atoms with van der Waals surface area (Å²) in [5, 5.41) is 8.23. The maximum Gasteiger partial charge on any atom is 0.253 e. The molecule has 4 nitrogen and oxygen atoms in total. The van der Waals surface area contributed by atoms with Crippen LogP contribution in [-0.2, 0) is 6.54 Å². The number of nitrogens with one attached hydrogen (secondary N) is 2. The molecule has 0 aromatic carbocycles. The molecule has 2 aromatic heterocycles. The smallest absolute Gasteiger partial charge is 0.253 e. The minimum atomic E-state index is -0.0706. The molecule has 0 spiro atoms. The van der Waals surface area contributed by atoms with Crippen LogP contribution in [0.2, 0.25) is 0 Å². The molecule has 0 aliphatic carbocycles. The summed E-state index contributed by atoms with van der Waals surface area (Å²) in [6.45, 7) is 5.54. The highest BCUT2D eigenvalue weighted by Gasteiger charge is 2.11. The number of nitrogens with zero attached hydrogens (tertiary/aromatic N) is 1. The van der Waals surface area contributed by atoms with Crippen molar-refractivity contribution in [2.45, 2.75) is 26.8 Å². The van der Waals surface area contributed by atoms with E-state index in [2.05, 4.69) is 35.5 Å². The standard InChI is InChI=1S/C15H19N3OS/c1-3-6-17-13-9-16-7-4-12(13)15(19)18-10-14-11(2)5-8-20-14/h4-5,7-9,17H,3,6,10H2,1-2H3,(H,18,19). The first-order chi connectivity index (χ1) is 9.72. The minimum absolute atomic E-state index is 0.0706. The maximum absolute atomic E-state index is 12.3. The van der Waals surface area contributed by atoms with Crippen molar-refractivity contribution in [2.24, 2.45) is 0 Å². The molecule has 2 N–H and O–H groups in total. The van der Waals surface area contributed by atoms with E-state index in [1.54, 1.807) is 29.8 Å². The second kappa shape index (κ2) is 7.05. The van der Waals surface area contributed by atoms with E-state index in [4.69, 9.17) is 0 Å². The van der Waals surface area contributed by atoms with Gasteiger partial charge in [-0.3, -0.25) is 9.78 Å². The van der Waals surface area contributed by atoms with Crippen LogP contribution in [0, 0.1) is 6.92 Å². The molecule has 0 saturated heterocycles. The van der Waals surface area contributed by atoms with E-state index in [-0.39, 0.29) is 5.91 Å². The van der Waals surface area contributed by atoms with Gasteiger partial charge in [-0.1, -0.05) is 6.92 Å². The van der Waals surface area contributed by atoms with Gasteiger partial charge in [0.2, 0.25) is 0 Å². The lowest BCUT2D eigenvalue weighted by molar-refractivity contribution is 0.0952. The number of hydrogen-bond donors (Lipinski definition) is 2. The predicted molar refractivity (Wildman–Crippen MR) is 83.2 cm³/mol. The molecule has 0 saturated carbocycles. The molecule has 20 heavy (non-hydrogen) atoms. The normalized spacial score (nSPS) is 10.3. The van der Waals surface area contributed by atoms with Crippen LogP contribution in [0.3, 0.4) is 0 Å². The van der Waals surface area contributed by atoms with E-state index in [0.717, 1.165) is 18.7 Å². The van der Waals surface area contributed by atoms with Crippen LogP contribution < -0.4 is 10.6 Å². The number of carbonyl (C=O) groups excluding carboxylic acids is 1. The highest BCUT2D eigenvalue weighted by molar-refractivity contribution is 7.10. The van der Waals surface area contributed by atoms with E-state index in [1.807, 2.05) is 5.38 Å². The van der Waals surface area contributed by atoms with Crippen LogP contribution in [0.15, 0.2) is 29.9 Å². The Morgan fingerprint density at radius 2 is 2.25 bits per heavy atom. The van der Waals surface area contributed by atoms with Gasteiger partial charge in [-0.2, -0.15) is 0 Å². The molecule has 0 fully saturated rings. The number of rotatable bonds is 6. The maximum atomic E-state index is 12.3. The summed E-state index contributed by atoms with van der Waals surface area (Å²) in [6, 6.07) is 3.81. The number of carbonyl (C=O) groups is 1. The number of thiophene rings is 1.